The van der Waals surface area contributed by atoms with Crippen LogP contribution in [0.1, 0.15) is 18.4 Å². The minimum atomic E-state index is 0.371. The molecular formula is C14H20ClN3S. The summed E-state index contributed by atoms with van der Waals surface area (Å²) >= 11 is 11.3. The molecule has 5 heteroatoms. The van der Waals surface area contributed by atoms with Crippen LogP contribution in [0.5, 0.6) is 0 Å². The SMILES string of the molecule is CN(C)C1CCN(c2cccc(Cl)c2C(N)=S)CC1. The summed E-state index contributed by atoms with van der Waals surface area (Å²) in [6, 6.07) is 6.50. The van der Waals surface area contributed by atoms with Gasteiger partial charge >= 0.3 is 0 Å². The summed E-state index contributed by atoms with van der Waals surface area (Å²) in [7, 11) is 4.28. The third kappa shape index (κ3) is 3.19. The molecular weight excluding hydrogens is 278 g/mol. The van der Waals surface area contributed by atoms with Crippen molar-refractivity contribution in [2.45, 2.75) is 18.9 Å². The third-order valence-electron chi connectivity index (χ3n) is 3.77. The first-order chi connectivity index (χ1) is 9.00. The average Bonchev–Trinajstić information content (AvgIpc) is 2.38. The van der Waals surface area contributed by atoms with Gasteiger partial charge in [-0.2, -0.15) is 0 Å². The smallest absolute Gasteiger partial charge is 0.107 e. The maximum atomic E-state index is 6.22. The standard InChI is InChI=1S/C14H20ClN3S/c1-17(2)10-6-8-18(9-7-10)12-5-3-4-11(15)13(12)14(16)19/h3-5,10H,6-9H2,1-2H3,(H2,16,19). The van der Waals surface area contributed by atoms with Crippen molar-refractivity contribution in [3.63, 3.8) is 0 Å². The second-order valence-corrected chi connectivity index (χ2v) is 6.03. The molecule has 0 radical (unpaired) electrons. The fourth-order valence-electron chi connectivity index (χ4n) is 2.64. The van der Waals surface area contributed by atoms with E-state index in [0.717, 1.165) is 37.2 Å². The van der Waals surface area contributed by atoms with Crippen LogP contribution >= 0.6 is 23.8 Å². The summed E-state index contributed by atoms with van der Waals surface area (Å²) in [5.41, 5.74) is 7.68. The molecule has 19 heavy (non-hydrogen) atoms. The van der Waals surface area contributed by atoms with Crippen LogP contribution < -0.4 is 10.6 Å². The normalized spacial score (nSPS) is 16.9. The van der Waals surface area contributed by atoms with Crippen molar-refractivity contribution in [3.8, 4) is 0 Å². The number of nitrogens with zero attached hydrogens (tertiary/aromatic N) is 2. The minimum absolute atomic E-state index is 0.371. The van der Waals surface area contributed by atoms with E-state index in [2.05, 4.69) is 30.0 Å². The first kappa shape index (κ1) is 14.6. The number of rotatable bonds is 3. The molecule has 0 aliphatic carbocycles. The van der Waals surface area contributed by atoms with Gasteiger partial charge in [0.15, 0.2) is 0 Å². The molecule has 1 aliphatic rings. The Kier molecular flexibility index (Phi) is 4.66. The summed E-state index contributed by atoms with van der Waals surface area (Å²) in [6.45, 7) is 2.03. The monoisotopic (exact) mass is 297 g/mol. The predicted octanol–water partition coefficient (Wildman–Crippen LogP) is 2.50. The van der Waals surface area contributed by atoms with Gasteiger partial charge in [-0.25, -0.2) is 0 Å². The number of hydrogen-bond acceptors (Lipinski definition) is 3. The molecule has 1 aromatic carbocycles. The van der Waals surface area contributed by atoms with Gasteiger partial charge < -0.3 is 15.5 Å². The van der Waals surface area contributed by atoms with Crippen LogP contribution in [0, 0.1) is 0 Å². The first-order valence-electron chi connectivity index (χ1n) is 6.50. The van der Waals surface area contributed by atoms with E-state index in [-0.39, 0.29) is 0 Å². The number of piperidine rings is 1. The van der Waals surface area contributed by atoms with Crippen LogP contribution in [0.2, 0.25) is 5.02 Å². The maximum absolute atomic E-state index is 6.22. The van der Waals surface area contributed by atoms with Crippen molar-refractivity contribution in [2.24, 2.45) is 5.73 Å². The van der Waals surface area contributed by atoms with Gasteiger partial charge in [-0.15, -0.1) is 0 Å². The highest BCUT2D eigenvalue weighted by molar-refractivity contribution is 7.80. The van der Waals surface area contributed by atoms with E-state index in [4.69, 9.17) is 29.6 Å². The Bertz CT molecular complexity index is 468. The van der Waals surface area contributed by atoms with Gasteiger partial charge in [0.25, 0.3) is 0 Å². The number of anilines is 1. The number of nitrogens with two attached hydrogens (primary N) is 1. The Hall–Kier alpha value is -0.840. The Morgan fingerprint density at radius 3 is 2.53 bits per heavy atom. The molecule has 1 saturated heterocycles. The van der Waals surface area contributed by atoms with Crippen LogP contribution in [0.3, 0.4) is 0 Å². The van der Waals surface area contributed by atoms with Gasteiger partial charge in [-0.1, -0.05) is 29.9 Å². The largest absolute Gasteiger partial charge is 0.389 e. The Morgan fingerprint density at radius 2 is 2.00 bits per heavy atom. The highest BCUT2D eigenvalue weighted by Crippen LogP contribution is 2.30. The summed E-state index contributed by atoms with van der Waals surface area (Å²) in [5.74, 6) is 0. The Labute approximate surface area is 125 Å². The molecule has 0 bridgehead atoms. The van der Waals surface area contributed by atoms with E-state index in [0.29, 0.717) is 16.1 Å². The van der Waals surface area contributed by atoms with Crippen LogP contribution in [-0.2, 0) is 0 Å². The zero-order chi connectivity index (χ0) is 14.0. The third-order valence-corrected chi connectivity index (χ3v) is 4.29. The fourth-order valence-corrected chi connectivity index (χ4v) is 3.19. The van der Waals surface area contributed by atoms with E-state index >= 15 is 0 Å². The summed E-state index contributed by atoms with van der Waals surface area (Å²) in [4.78, 5) is 5.00. The predicted molar refractivity (Wildman–Crippen MR) is 86.3 cm³/mol. The Balaban J connectivity index is 2.20. The number of benzene rings is 1. The van der Waals surface area contributed by atoms with Gasteiger partial charge in [0, 0.05) is 24.8 Å². The summed E-state index contributed by atoms with van der Waals surface area (Å²) in [6.07, 6.45) is 2.30. The molecule has 0 amide bonds. The lowest BCUT2D eigenvalue weighted by molar-refractivity contribution is 0.249. The van der Waals surface area contributed by atoms with Gasteiger partial charge in [0.2, 0.25) is 0 Å². The van der Waals surface area contributed by atoms with Gasteiger partial charge in [0.1, 0.15) is 4.99 Å². The van der Waals surface area contributed by atoms with Crippen molar-refractivity contribution < 1.29 is 0 Å². The number of hydrogen-bond donors (Lipinski definition) is 1. The van der Waals surface area contributed by atoms with E-state index in [1.54, 1.807) is 0 Å². The molecule has 1 heterocycles. The van der Waals surface area contributed by atoms with E-state index < -0.39 is 0 Å². The highest BCUT2D eigenvalue weighted by Gasteiger charge is 2.23. The van der Waals surface area contributed by atoms with Crippen LogP contribution in [0.4, 0.5) is 5.69 Å². The Morgan fingerprint density at radius 1 is 1.37 bits per heavy atom. The lowest BCUT2D eigenvalue weighted by atomic mass is 10.0. The van der Waals surface area contributed by atoms with E-state index in [1.165, 1.54) is 0 Å². The molecule has 1 aromatic rings. The van der Waals surface area contributed by atoms with Crippen molar-refractivity contribution >= 4 is 34.5 Å². The maximum Gasteiger partial charge on any atom is 0.107 e. The molecule has 1 fully saturated rings. The van der Waals surface area contributed by atoms with Crippen LogP contribution in [0.25, 0.3) is 0 Å². The molecule has 0 atom stereocenters. The number of thiocarbonyl (C=S) groups is 1. The molecule has 0 aromatic heterocycles. The fraction of sp³-hybridized carbons (Fsp3) is 0.500. The van der Waals surface area contributed by atoms with Gasteiger partial charge in [-0.3, -0.25) is 0 Å². The average molecular weight is 298 g/mol. The van der Waals surface area contributed by atoms with Gasteiger partial charge in [0.05, 0.1) is 10.6 Å². The second-order valence-electron chi connectivity index (χ2n) is 5.18. The van der Waals surface area contributed by atoms with Crippen molar-refractivity contribution in [1.29, 1.82) is 0 Å². The first-order valence-corrected chi connectivity index (χ1v) is 7.29. The summed E-state index contributed by atoms with van der Waals surface area (Å²) in [5, 5.41) is 0.639. The lowest BCUT2D eigenvalue weighted by Gasteiger charge is -2.37. The van der Waals surface area contributed by atoms with Crippen LogP contribution in [0.15, 0.2) is 18.2 Å². The van der Waals surface area contributed by atoms with Crippen molar-refractivity contribution in [2.75, 3.05) is 32.1 Å². The zero-order valence-electron chi connectivity index (χ0n) is 11.4. The molecule has 3 nitrogen and oxygen atoms in total. The van der Waals surface area contributed by atoms with Crippen molar-refractivity contribution in [3.05, 3.63) is 28.8 Å². The quantitative estimate of drug-likeness (QED) is 0.869. The van der Waals surface area contributed by atoms with E-state index in [1.807, 2.05) is 12.1 Å². The van der Waals surface area contributed by atoms with Gasteiger partial charge in [-0.05, 0) is 39.1 Å². The molecule has 2 N–H and O–H groups in total. The topological polar surface area (TPSA) is 32.5 Å². The second kappa shape index (κ2) is 6.07. The lowest BCUT2D eigenvalue weighted by Crippen LogP contribution is -2.42. The number of halogens is 1. The van der Waals surface area contributed by atoms with Crippen molar-refractivity contribution in [1.82, 2.24) is 4.90 Å². The molecule has 0 saturated carbocycles. The molecule has 0 spiro atoms. The van der Waals surface area contributed by atoms with Crippen LogP contribution in [-0.4, -0.2) is 43.1 Å². The minimum Gasteiger partial charge on any atom is -0.389 e. The molecule has 1 aliphatic heterocycles. The summed E-state index contributed by atoms with van der Waals surface area (Å²) < 4.78 is 0. The molecule has 104 valence electrons. The zero-order valence-corrected chi connectivity index (χ0v) is 13.0. The van der Waals surface area contributed by atoms with E-state index in [9.17, 15) is 0 Å². The molecule has 0 unspecified atom stereocenters. The molecule has 2 rings (SSSR count). The highest BCUT2D eigenvalue weighted by atomic mass is 35.5.